The van der Waals surface area contributed by atoms with E-state index in [2.05, 4.69) is 5.32 Å². The van der Waals surface area contributed by atoms with Crippen LogP contribution in [-0.2, 0) is 11.2 Å². The molecule has 2 heterocycles. The summed E-state index contributed by atoms with van der Waals surface area (Å²) >= 11 is 6.99. The summed E-state index contributed by atoms with van der Waals surface area (Å²) in [5, 5.41) is 2.71. The van der Waals surface area contributed by atoms with Crippen LogP contribution in [0.3, 0.4) is 0 Å². The Hall–Kier alpha value is -2.18. The third kappa shape index (κ3) is 3.34. The summed E-state index contributed by atoms with van der Waals surface area (Å²) in [5.41, 5.74) is 2.27. The molecule has 2 aromatic rings. The number of carbonyl (C=O) groups is 3. The second kappa shape index (κ2) is 6.75. The third-order valence-corrected chi connectivity index (χ3v) is 5.14. The summed E-state index contributed by atoms with van der Waals surface area (Å²) < 4.78 is 0.550. The number of rotatable bonds is 5. The van der Waals surface area contributed by atoms with Gasteiger partial charge in [0.05, 0.1) is 15.6 Å². The number of anilines is 1. The summed E-state index contributed by atoms with van der Waals surface area (Å²) in [4.78, 5) is 37.9. The van der Waals surface area contributed by atoms with E-state index in [1.165, 1.54) is 11.3 Å². The van der Waals surface area contributed by atoms with Crippen molar-refractivity contribution in [1.29, 1.82) is 0 Å². The van der Waals surface area contributed by atoms with Gasteiger partial charge in [-0.1, -0.05) is 11.6 Å². The molecule has 0 spiro atoms. The van der Waals surface area contributed by atoms with E-state index in [0.717, 1.165) is 11.3 Å². The highest BCUT2D eigenvalue weighted by Gasteiger charge is 2.24. The van der Waals surface area contributed by atoms with Gasteiger partial charge < -0.3 is 10.2 Å². The number of ketones is 1. The number of nitrogens with zero attached hydrogens (tertiary/aromatic N) is 1. The van der Waals surface area contributed by atoms with Crippen LogP contribution >= 0.6 is 22.9 Å². The molecular weight excluding hydrogens is 348 g/mol. The van der Waals surface area contributed by atoms with Crippen LogP contribution in [0.15, 0.2) is 30.3 Å². The summed E-state index contributed by atoms with van der Waals surface area (Å²) in [7, 11) is 1.72. The molecule has 124 valence electrons. The lowest BCUT2D eigenvalue weighted by molar-refractivity contribution is -0.117. The van der Waals surface area contributed by atoms with Gasteiger partial charge in [0.1, 0.15) is 0 Å². The average Bonchev–Trinajstić information content (AvgIpc) is 3.11. The second-order valence-corrected chi connectivity index (χ2v) is 7.22. The average molecular weight is 363 g/mol. The van der Waals surface area contributed by atoms with Crippen LogP contribution in [0.25, 0.3) is 0 Å². The molecule has 5 nitrogen and oxygen atoms in total. The minimum atomic E-state index is -0.235. The maximum Gasteiger partial charge on any atom is 0.261 e. The number of thiophene rings is 1. The van der Waals surface area contributed by atoms with Crippen LogP contribution in [0, 0.1) is 0 Å². The number of benzene rings is 1. The van der Waals surface area contributed by atoms with Gasteiger partial charge in [0.15, 0.2) is 5.78 Å². The predicted octanol–water partition coefficient (Wildman–Crippen LogP) is 2.92. The molecule has 2 amide bonds. The highest BCUT2D eigenvalue weighted by atomic mass is 35.5. The van der Waals surface area contributed by atoms with E-state index in [1.807, 2.05) is 0 Å². The highest BCUT2D eigenvalue weighted by molar-refractivity contribution is 7.17. The smallest absolute Gasteiger partial charge is 0.261 e. The van der Waals surface area contributed by atoms with E-state index in [9.17, 15) is 14.4 Å². The Morgan fingerprint density at radius 3 is 2.79 bits per heavy atom. The first-order valence-corrected chi connectivity index (χ1v) is 8.61. The van der Waals surface area contributed by atoms with Crippen molar-refractivity contribution in [2.24, 2.45) is 0 Å². The van der Waals surface area contributed by atoms with Gasteiger partial charge in [-0.3, -0.25) is 14.4 Å². The molecule has 0 bridgehead atoms. The Bertz CT molecular complexity index is 831. The zero-order valence-electron chi connectivity index (χ0n) is 13.0. The molecule has 0 atom stereocenters. The quantitative estimate of drug-likeness (QED) is 0.831. The van der Waals surface area contributed by atoms with Crippen molar-refractivity contribution in [3.63, 3.8) is 0 Å². The summed E-state index contributed by atoms with van der Waals surface area (Å²) in [5.74, 6) is -0.276. The lowest BCUT2D eigenvalue weighted by atomic mass is 10.0. The molecule has 0 radical (unpaired) electrons. The monoisotopic (exact) mass is 362 g/mol. The summed E-state index contributed by atoms with van der Waals surface area (Å²) in [6.07, 6.45) is 0.524. The lowest BCUT2D eigenvalue weighted by Gasteiger charge is -2.10. The molecule has 1 aromatic heterocycles. The van der Waals surface area contributed by atoms with Crippen LogP contribution < -0.4 is 10.2 Å². The van der Waals surface area contributed by atoms with Gasteiger partial charge in [-0.15, -0.1) is 11.3 Å². The number of carbonyl (C=O) groups excluding carboxylic acids is 3. The Labute approximate surface area is 148 Å². The largest absolute Gasteiger partial charge is 0.351 e. The predicted molar refractivity (Wildman–Crippen MR) is 94.2 cm³/mol. The molecule has 3 rings (SSSR count). The number of halogens is 1. The van der Waals surface area contributed by atoms with Crippen molar-refractivity contribution < 1.29 is 14.4 Å². The van der Waals surface area contributed by atoms with Gasteiger partial charge in [-0.05, 0) is 35.9 Å². The van der Waals surface area contributed by atoms with Gasteiger partial charge in [-0.25, -0.2) is 0 Å². The van der Waals surface area contributed by atoms with Crippen molar-refractivity contribution in [1.82, 2.24) is 5.32 Å². The van der Waals surface area contributed by atoms with Gasteiger partial charge in [-0.2, -0.15) is 0 Å². The molecule has 1 N–H and O–H groups in total. The molecule has 0 aliphatic carbocycles. The minimum absolute atomic E-state index is 0.0245. The Balaban J connectivity index is 1.57. The van der Waals surface area contributed by atoms with Crippen LogP contribution in [0.4, 0.5) is 5.69 Å². The van der Waals surface area contributed by atoms with Crippen molar-refractivity contribution >= 4 is 46.2 Å². The molecule has 1 aliphatic rings. The summed E-state index contributed by atoms with van der Waals surface area (Å²) in [6, 6.07) is 8.59. The standard InChI is InChI=1S/C17H15ClN2O3S/c1-20-12-3-2-10(8-11(12)9-16(20)22)13(21)6-7-19-17(23)14-4-5-15(18)24-14/h2-5,8H,6-7,9H2,1H3,(H,19,23). The van der Waals surface area contributed by atoms with Crippen LogP contribution in [0.1, 0.15) is 32.0 Å². The van der Waals surface area contributed by atoms with E-state index in [0.29, 0.717) is 21.2 Å². The zero-order chi connectivity index (χ0) is 17.3. The van der Waals surface area contributed by atoms with Crippen molar-refractivity contribution in [2.75, 3.05) is 18.5 Å². The number of hydrogen-bond acceptors (Lipinski definition) is 4. The van der Waals surface area contributed by atoms with Crippen LogP contribution in [-0.4, -0.2) is 31.2 Å². The maximum absolute atomic E-state index is 12.3. The highest BCUT2D eigenvalue weighted by Crippen LogP contribution is 2.28. The first-order chi connectivity index (χ1) is 11.5. The van der Waals surface area contributed by atoms with Crippen LogP contribution in [0.2, 0.25) is 4.34 Å². The minimum Gasteiger partial charge on any atom is -0.351 e. The summed E-state index contributed by atoms with van der Waals surface area (Å²) in [6.45, 7) is 0.253. The fraction of sp³-hybridized carbons (Fsp3) is 0.235. The first kappa shape index (κ1) is 16.7. The Morgan fingerprint density at radius 1 is 1.29 bits per heavy atom. The van der Waals surface area contributed by atoms with Gasteiger partial charge in [0, 0.05) is 31.3 Å². The SMILES string of the molecule is CN1C(=O)Cc2cc(C(=O)CCNC(=O)c3ccc(Cl)s3)ccc21. The molecule has 1 aromatic carbocycles. The van der Waals surface area contributed by atoms with Crippen molar-refractivity contribution in [2.45, 2.75) is 12.8 Å². The fourth-order valence-electron chi connectivity index (χ4n) is 2.60. The van der Waals surface area contributed by atoms with E-state index in [4.69, 9.17) is 11.6 Å². The molecule has 0 unspecified atom stereocenters. The number of fused-ring (bicyclic) bond motifs is 1. The topological polar surface area (TPSA) is 66.5 Å². The zero-order valence-corrected chi connectivity index (χ0v) is 14.5. The number of Topliss-reactive ketones (excluding diaryl/α,β-unsaturated/α-hetero) is 1. The molecule has 7 heteroatoms. The van der Waals surface area contributed by atoms with Gasteiger partial charge >= 0.3 is 0 Å². The number of likely N-dealkylation sites (N-methyl/N-ethyl adjacent to an activating group) is 1. The van der Waals surface area contributed by atoms with Crippen molar-refractivity contribution in [3.8, 4) is 0 Å². The number of nitrogens with one attached hydrogen (secondary N) is 1. The fourth-order valence-corrected chi connectivity index (χ4v) is 3.56. The molecule has 1 aliphatic heterocycles. The number of amides is 2. The Morgan fingerprint density at radius 2 is 2.08 bits per heavy atom. The van der Waals surface area contributed by atoms with Crippen LogP contribution in [0.5, 0.6) is 0 Å². The third-order valence-electron chi connectivity index (χ3n) is 3.91. The van der Waals surface area contributed by atoms with E-state index in [1.54, 1.807) is 42.3 Å². The first-order valence-electron chi connectivity index (χ1n) is 7.42. The second-order valence-electron chi connectivity index (χ2n) is 5.51. The normalized spacial score (nSPS) is 13.1. The number of hydrogen-bond donors (Lipinski definition) is 1. The van der Waals surface area contributed by atoms with E-state index < -0.39 is 0 Å². The van der Waals surface area contributed by atoms with E-state index >= 15 is 0 Å². The van der Waals surface area contributed by atoms with E-state index in [-0.39, 0.29) is 30.6 Å². The van der Waals surface area contributed by atoms with Gasteiger partial charge in [0.2, 0.25) is 5.91 Å². The lowest BCUT2D eigenvalue weighted by Crippen LogP contribution is -2.25. The molecule has 0 fully saturated rings. The van der Waals surface area contributed by atoms with Crippen molar-refractivity contribution in [3.05, 3.63) is 50.7 Å². The molecule has 0 saturated heterocycles. The molecular formula is C17H15ClN2O3S. The maximum atomic E-state index is 12.3. The molecule has 24 heavy (non-hydrogen) atoms. The molecule has 0 saturated carbocycles. The van der Waals surface area contributed by atoms with Gasteiger partial charge in [0.25, 0.3) is 5.91 Å². The Kier molecular flexibility index (Phi) is 4.69.